The topological polar surface area (TPSA) is 34.6 Å². The summed E-state index contributed by atoms with van der Waals surface area (Å²) in [7, 11) is 3.88. The molecule has 4 heteroatoms. The Hall–Kier alpha value is -1.81. The Kier molecular flexibility index (Phi) is 4.20. The molecule has 0 aliphatic carbocycles. The third kappa shape index (κ3) is 3.20. The lowest BCUT2D eigenvalue weighted by atomic mass is 9.79. The number of likely N-dealkylation sites (tertiary alicyclic amines) is 1. The van der Waals surface area contributed by atoms with Crippen molar-refractivity contribution in [1.29, 1.82) is 0 Å². The first-order valence-electron chi connectivity index (χ1n) is 8.57. The molecule has 4 nitrogen and oxygen atoms in total. The zero-order valence-corrected chi connectivity index (χ0v) is 15.6. The Morgan fingerprint density at radius 3 is 2.33 bits per heavy atom. The van der Waals surface area contributed by atoms with Gasteiger partial charge in [-0.15, -0.1) is 0 Å². The smallest absolute Gasteiger partial charge is 0.214 e. The Labute approximate surface area is 144 Å². The fourth-order valence-corrected chi connectivity index (χ4v) is 3.81. The SMILES string of the molecule is COc1ccc2nc(OC3CC(C)(C)N(C)C(C)(C)C3)ccc2c1. The molecular weight excluding hydrogens is 300 g/mol. The predicted molar refractivity (Wildman–Crippen MR) is 97.9 cm³/mol. The van der Waals surface area contributed by atoms with Crippen molar-refractivity contribution in [1.82, 2.24) is 9.88 Å². The van der Waals surface area contributed by atoms with Crippen LogP contribution in [0.3, 0.4) is 0 Å². The zero-order chi connectivity index (χ0) is 17.5. The second kappa shape index (κ2) is 5.92. The normalized spacial score (nSPS) is 20.9. The summed E-state index contributed by atoms with van der Waals surface area (Å²) in [6.45, 7) is 9.13. The second-order valence-corrected chi connectivity index (χ2v) is 8.04. The number of nitrogens with zero attached hydrogens (tertiary/aromatic N) is 2. The van der Waals surface area contributed by atoms with E-state index in [1.54, 1.807) is 7.11 Å². The molecule has 0 atom stereocenters. The van der Waals surface area contributed by atoms with E-state index >= 15 is 0 Å². The number of fused-ring (bicyclic) bond motifs is 1. The van der Waals surface area contributed by atoms with Crippen molar-refractivity contribution in [2.45, 2.75) is 57.7 Å². The van der Waals surface area contributed by atoms with Gasteiger partial charge in [0.1, 0.15) is 11.9 Å². The van der Waals surface area contributed by atoms with Gasteiger partial charge in [-0.05, 0) is 59.0 Å². The van der Waals surface area contributed by atoms with Gasteiger partial charge in [0, 0.05) is 35.4 Å². The van der Waals surface area contributed by atoms with Crippen molar-refractivity contribution < 1.29 is 9.47 Å². The molecule has 2 heterocycles. The van der Waals surface area contributed by atoms with E-state index in [2.05, 4.69) is 44.6 Å². The molecule has 130 valence electrons. The molecule has 1 aliphatic rings. The molecule has 1 aliphatic heterocycles. The lowest BCUT2D eigenvalue weighted by Gasteiger charge is -2.53. The fourth-order valence-electron chi connectivity index (χ4n) is 3.81. The van der Waals surface area contributed by atoms with Gasteiger partial charge in [-0.2, -0.15) is 0 Å². The summed E-state index contributed by atoms with van der Waals surface area (Å²) in [5, 5.41) is 1.06. The van der Waals surface area contributed by atoms with Gasteiger partial charge in [0.15, 0.2) is 0 Å². The van der Waals surface area contributed by atoms with Gasteiger partial charge < -0.3 is 9.47 Å². The number of methoxy groups -OCH3 is 1. The minimum Gasteiger partial charge on any atom is -0.497 e. The van der Waals surface area contributed by atoms with Gasteiger partial charge in [-0.1, -0.05) is 0 Å². The molecule has 0 saturated carbocycles. The van der Waals surface area contributed by atoms with Crippen molar-refractivity contribution >= 4 is 10.9 Å². The van der Waals surface area contributed by atoms with Crippen LogP contribution in [0.15, 0.2) is 30.3 Å². The van der Waals surface area contributed by atoms with Crippen LogP contribution in [-0.2, 0) is 0 Å². The number of benzene rings is 1. The molecule has 24 heavy (non-hydrogen) atoms. The molecule has 2 aromatic rings. The molecule has 0 spiro atoms. The maximum absolute atomic E-state index is 6.27. The number of aromatic nitrogens is 1. The lowest BCUT2D eigenvalue weighted by molar-refractivity contribution is -0.0566. The highest BCUT2D eigenvalue weighted by molar-refractivity contribution is 5.80. The van der Waals surface area contributed by atoms with Crippen molar-refractivity contribution in [3.05, 3.63) is 30.3 Å². The van der Waals surface area contributed by atoms with E-state index < -0.39 is 0 Å². The minimum absolute atomic E-state index is 0.108. The standard InChI is InChI=1S/C20H28N2O2/c1-19(2)12-16(13-20(3,4)22(19)5)24-18-10-7-14-11-15(23-6)8-9-17(14)21-18/h7-11,16H,12-13H2,1-6H3. The number of hydrogen-bond donors (Lipinski definition) is 0. The monoisotopic (exact) mass is 328 g/mol. The van der Waals surface area contributed by atoms with Crippen LogP contribution in [0, 0.1) is 0 Å². The van der Waals surface area contributed by atoms with E-state index in [1.165, 1.54) is 0 Å². The molecule has 3 rings (SSSR count). The molecule has 0 radical (unpaired) electrons. The summed E-state index contributed by atoms with van der Waals surface area (Å²) in [6, 6.07) is 9.91. The van der Waals surface area contributed by atoms with Crippen LogP contribution in [0.2, 0.25) is 0 Å². The average Bonchev–Trinajstić information content (AvgIpc) is 2.51. The first kappa shape index (κ1) is 17.0. The van der Waals surface area contributed by atoms with Crippen LogP contribution in [0.4, 0.5) is 0 Å². The third-order valence-corrected chi connectivity index (χ3v) is 5.43. The van der Waals surface area contributed by atoms with Gasteiger partial charge in [0.05, 0.1) is 12.6 Å². The fraction of sp³-hybridized carbons (Fsp3) is 0.550. The van der Waals surface area contributed by atoms with Crippen molar-refractivity contribution in [3.63, 3.8) is 0 Å². The van der Waals surface area contributed by atoms with Gasteiger partial charge in [0.2, 0.25) is 5.88 Å². The highest BCUT2D eigenvalue weighted by Gasteiger charge is 2.44. The molecule has 0 amide bonds. The van der Waals surface area contributed by atoms with E-state index in [9.17, 15) is 0 Å². The van der Waals surface area contributed by atoms with Crippen LogP contribution in [-0.4, -0.2) is 41.2 Å². The quantitative estimate of drug-likeness (QED) is 0.842. The largest absolute Gasteiger partial charge is 0.497 e. The molecule has 0 bridgehead atoms. The highest BCUT2D eigenvalue weighted by atomic mass is 16.5. The molecule has 0 N–H and O–H groups in total. The molecule has 1 aromatic heterocycles. The van der Waals surface area contributed by atoms with Gasteiger partial charge in [-0.3, -0.25) is 4.90 Å². The first-order valence-corrected chi connectivity index (χ1v) is 8.57. The van der Waals surface area contributed by atoms with Crippen molar-refractivity contribution in [3.8, 4) is 11.6 Å². The number of rotatable bonds is 3. The highest BCUT2D eigenvalue weighted by Crippen LogP contribution is 2.38. The predicted octanol–water partition coefficient (Wildman–Crippen LogP) is 4.27. The third-order valence-electron chi connectivity index (χ3n) is 5.43. The zero-order valence-electron chi connectivity index (χ0n) is 15.6. The second-order valence-electron chi connectivity index (χ2n) is 8.04. The van der Waals surface area contributed by atoms with E-state index in [1.807, 2.05) is 30.3 Å². The summed E-state index contributed by atoms with van der Waals surface area (Å²) in [6.07, 6.45) is 2.17. The summed E-state index contributed by atoms with van der Waals surface area (Å²) in [5.74, 6) is 1.55. The molecule has 0 unspecified atom stereocenters. The van der Waals surface area contributed by atoms with Crippen LogP contribution in [0.25, 0.3) is 10.9 Å². The Bertz CT molecular complexity index is 721. The van der Waals surface area contributed by atoms with E-state index in [4.69, 9.17) is 9.47 Å². The molecular formula is C20H28N2O2. The summed E-state index contributed by atoms with van der Waals surface area (Å²) in [4.78, 5) is 7.13. The van der Waals surface area contributed by atoms with Crippen LogP contribution in [0.1, 0.15) is 40.5 Å². The van der Waals surface area contributed by atoms with Crippen molar-refractivity contribution in [2.24, 2.45) is 0 Å². The Morgan fingerprint density at radius 2 is 1.71 bits per heavy atom. The number of ether oxygens (including phenoxy) is 2. The van der Waals surface area contributed by atoms with Crippen molar-refractivity contribution in [2.75, 3.05) is 14.2 Å². The number of pyridine rings is 1. The summed E-state index contributed by atoms with van der Waals surface area (Å²) >= 11 is 0. The molecule has 1 aromatic carbocycles. The average molecular weight is 328 g/mol. The van der Waals surface area contributed by atoms with E-state index in [0.717, 1.165) is 29.5 Å². The minimum atomic E-state index is 0.108. The van der Waals surface area contributed by atoms with Crippen LogP contribution >= 0.6 is 0 Å². The van der Waals surface area contributed by atoms with Gasteiger partial charge in [-0.25, -0.2) is 4.98 Å². The maximum Gasteiger partial charge on any atom is 0.214 e. The van der Waals surface area contributed by atoms with Gasteiger partial charge in [0.25, 0.3) is 0 Å². The molecule has 1 saturated heterocycles. The Balaban J connectivity index is 1.82. The summed E-state index contributed by atoms with van der Waals surface area (Å²) < 4.78 is 11.5. The first-order chi connectivity index (χ1) is 11.2. The summed E-state index contributed by atoms with van der Waals surface area (Å²) in [5.41, 5.74) is 1.15. The van der Waals surface area contributed by atoms with E-state index in [0.29, 0.717) is 5.88 Å². The number of piperidine rings is 1. The lowest BCUT2D eigenvalue weighted by Crippen LogP contribution is -2.60. The maximum atomic E-state index is 6.27. The van der Waals surface area contributed by atoms with Crippen LogP contribution in [0.5, 0.6) is 11.6 Å². The van der Waals surface area contributed by atoms with E-state index in [-0.39, 0.29) is 17.2 Å². The van der Waals surface area contributed by atoms with Gasteiger partial charge >= 0.3 is 0 Å². The van der Waals surface area contributed by atoms with Crippen LogP contribution < -0.4 is 9.47 Å². The molecule has 1 fully saturated rings. The number of hydrogen-bond acceptors (Lipinski definition) is 4. The Morgan fingerprint density at radius 1 is 1.04 bits per heavy atom.